The van der Waals surface area contributed by atoms with Gasteiger partial charge in [-0.05, 0) is 31.9 Å². The molecule has 0 radical (unpaired) electrons. The number of hydrogen-bond donors (Lipinski definition) is 2. The lowest BCUT2D eigenvalue weighted by atomic mass is 10.1. The van der Waals surface area contributed by atoms with Crippen molar-refractivity contribution < 1.29 is 5.11 Å². The summed E-state index contributed by atoms with van der Waals surface area (Å²) in [6.07, 6.45) is 7.00. The van der Waals surface area contributed by atoms with Crippen LogP contribution in [0.15, 0.2) is 30.7 Å². The highest BCUT2D eigenvalue weighted by Crippen LogP contribution is 2.21. The van der Waals surface area contributed by atoms with Gasteiger partial charge in [0.1, 0.15) is 5.82 Å². The van der Waals surface area contributed by atoms with E-state index >= 15 is 0 Å². The van der Waals surface area contributed by atoms with Gasteiger partial charge in [-0.1, -0.05) is 0 Å². The fourth-order valence-corrected chi connectivity index (χ4v) is 2.62. The van der Waals surface area contributed by atoms with Gasteiger partial charge < -0.3 is 15.3 Å². The molecule has 0 aliphatic carbocycles. The number of aromatic nitrogens is 3. The lowest BCUT2D eigenvalue weighted by Gasteiger charge is -2.29. The van der Waals surface area contributed by atoms with Crippen LogP contribution in [0.1, 0.15) is 19.8 Å². The van der Waals surface area contributed by atoms with Crippen molar-refractivity contribution in [1.82, 2.24) is 15.0 Å². The highest BCUT2D eigenvalue weighted by atomic mass is 16.3. The van der Waals surface area contributed by atoms with Crippen molar-refractivity contribution in [3.05, 3.63) is 30.7 Å². The number of nitrogens with one attached hydrogen (secondary N) is 1. The van der Waals surface area contributed by atoms with Crippen LogP contribution in [0.4, 0.5) is 11.8 Å². The zero-order valence-corrected chi connectivity index (χ0v) is 12.7. The molecule has 0 bridgehead atoms. The lowest BCUT2D eigenvalue weighted by Crippen LogP contribution is -2.39. The van der Waals surface area contributed by atoms with Crippen molar-refractivity contribution in [2.45, 2.75) is 25.9 Å². The molecule has 0 saturated carbocycles. The van der Waals surface area contributed by atoms with E-state index in [0.717, 1.165) is 42.9 Å². The van der Waals surface area contributed by atoms with Gasteiger partial charge in [0.05, 0.1) is 6.10 Å². The minimum absolute atomic E-state index is 0.278. The van der Waals surface area contributed by atoms with E-state index in [0.29, 0.717) is 12.5 Å². The Morgan fingerprint density at radius 3 is 2.59 bits per heavy atom. The van der Waals surface area contributed by atoms with Gasteiger partial charge in [0.15, 0.2) is 0 Å². The van der Waals surface area contributed by atoms with Gasteiger partial charge in [-0.15, -0.1) is 0 Å². The van der Waals surface area contributed by atoms with E-state index < -0.39 is 0 Å². The van der Waals surface area contributed by atoms with E-state index in [1.807, 2.05) is 42.5 Å². The maximum absolute atomic E-state index is 9.73. The molecule has 2 N–H and O–H groups in total. The Bertz CT molecular complexity index is 599. The molecule has 1 aliphatic heterocycles. The lowest BCUT2D eigenvalue weighted by molar-refractivity contribution is 0.153. The first kappa shape index (κ1) is 14.7. The topological polar surface area (TPSA) is 74.2 Å². The number of pyridine rings is 1. The van der Waals surface area contributed by atoms with Crippen LogP contribution in [0.25, 0.3) is 11.1 Å². The van der Waals surface area contributed by atoms with Crippen LogP contribution in [-0.4, -0.2) is 45.8 Å². The average Bonchev–Trinajstić information content (AvgIpc) is 2.56. The monoisotopic (exact) mass is 299 g/mol. The molecule has 0 amide bonds. The van der Waals surface area contributed by atoms with Crippen molar-refractivity contribution in [3.8, 4) is 11.1 Å². The molecule has 1 atom stereocenters. The van der Waals surface area contributed by atoms with Crippen LogP contribution in [0, 0.1) is 0 Å². The molecule has 116 valence electrons. The predicted molar refractivity (Wildman–Crippen MR) is 86.9 cm³/mol. The van der Waals surface area contributed by atoms with E-state index in [4.69, 9.17) is 0 Å². The number of hydrogen-bond acceptors (Lipinski definition) is 6. The Balaban J connectivity index is 1.73. The molecule has 0 spiro atoms. The second-order valence-electron chi connectivity index (χ2n) is 5.48. The van der Waals surface area contributed by atoms with Crippen molar-refractivity contribution >= 4 is 11.8 Å². The van der Waals surface area contributed by atoms with Gasteiger partial charge in [-0.3, -0.25) is 0 Å². The molecule has 1 fully saturated rings. The van der Waals surface area contributed by atoms with Gasteiger partial charge >= 0.3 is 0 Å². The summed E-state index contributed by atoms with van der Waals surface area (Å²) in [5, 5.41) is 12.9. The third kappa shape index (κ3) is 3.33. The van der Waals surface area contributed by atoms with E-state index in [1.165, 1.54) is 0 Å². The van der Waals surface area contributed by atoms with E-state index in [1.54, 1.807) is 0 Å². The minimum atomic E-state index is -0.278. The summed E-state index contributed by atoms with van der Waals surface area (Å²) in [4.78, 5) is 15.3. The first-order valence-electron chi connectivity index (χ1n) is 7.71. The molecule has 6 nitrogen and oxygen atoms in total. The summed E-state index contributed by atoms with van der Waals surface area (Å²) in [5.41, 5.74) is 1.93. The first-order chi connectivity index (χ1) is 10.8. The number of aliphatic hydroxyl groups excluding tert-OH is 1. The number of aliphatic hydroxyl groups is 1. The molecule has 22 heavy (non-hydrogen) atoms. The third-order valence-corrected chi connectivity index (χ3v) is 3.77. The smallest absolute Gasteiger partial charge is 0.225 e. The van der Waals surface area contributed by atoms with Crippen LogP contribution in [-0.2, 0) is 0 Å². The van der Waals surface area contributed by atoms with Crippen LogP contribution in [0.2, 0.25) is 0 Å². The third-order valence-electron chi connectivity index (χ3n) is 3.77. The number of rotatable bonds is 4. The summed E-state index contributed by atoms with van der Waals surface area (Å²) in [6, 6.07) is 3.96. The molecular weight excluding hydrogens is 278 g/mol. The Morgan fingerprint density at radius 1 is 1.18 bits per heavy atom. The van der Waals surface area contributed by atoms with Gasteiger partial charge in [0, 0.05) is 49.4 Å². The standard InChI is InChI=1S/C16H21N5O/c1-2-17-15-6-5-12(8-18-15)13-9-19-16(20-10-13)21-7-3-4-14(22)11-21/h5-6,8-10,14,22H,2-4,7,11H2,1H3,(H,17,18). The van der Waals surface area contributed by atoms with E-state index in [-0.39, 0.29) is 6.10 Å². The van der Waals surface area contributed by atoms with Crippen molar-refractivity contribution in [2.24, 2.45) is 0 Å². The molecular formula is C16H21N5O. The number of anilines is 2. The van der Waals surface area contributed by atoms with Crippen LogP contribution >= 0.6 is 0 Å². The molecule has 1 unspecified atom stereocenters. The second kappa shape index (κ2) is 6.70. The second-order valence-corrected chi connectivity index (χ2v) is 5.48. The van der Waals surface area contributed by atoms with Crippen LogP contribution < -0.4 is 10.2 Å². The van der Waals surface area contributed by atoms with E-state index in [9.17, 15) is 5.11 Å². The van der Waals surface area contributed by atoms with Gasteiger partial charge in [0.2, 0.25) is 5.95 Å². The Morgan fingerprint density at radius 2 is 1.95 bits per heavy atom. The number of β-amino-alcohol motifs (C(OH)–C–C–N with tert-alkyl or cyclic N) is 1. The largest absolute Gasteiger partial charge is 0.391 e. The molecule has 2 aromatic rings. The highest BCUT2D eigenvalue weighted by molar-refractivity contribution is 5.62. The molecule has 6 heteroatoms. The van der Waals surface area contributed by atoms with Crippen LogP contribution in [0.3, 0.4) is 0 Å². The fraction of sp³-hybridized carbons (Fsp3) is 0.438. The zero-order valence-electron chi connectivity index (χ0n) is 12.7. The summed E-state index contributed by atoms with van der Waals surface area (Å²) in [5.74, 6) is 1.55. The van der Waals surface area contributed by atoms with Crippen molar-refractivity contribution in [2.75, 3.05) is 29.9 Å². The summed E-state index contributed by atoms with van der Waals surface area (Å²) >= 11 is 0. The molecule has 2 aromatic heterocycles. The molecule has 0 aromatic carbocycles. The summed E-state index contributed by atoms with van der Waals surface area (Å²) in [6.45, 7) is 4.40. The molecule has 3 rings (SSSR count). The number of piperidine rings is 1. The van der Waals surface area contributed by atoms with E-state index in [2.05, 4.69) is 20.3 Å². The summed E-state index contributed by atoms with van der Waals surface area (Å²) < 4.78 is 0. The summed E-state index contributed by atoms with van der Waals surface area (Å²) in [7, 11) is 0. The highest BCUT2D eigenvalue weighted by Gasteiger charge is 2.19. The Kier molecular flexibility index (Phi) is 4.48. The average molecular weight is 299 g/mol. The molecule has 1 aliphatic rings. The maximum Gasteiger partial charge on any atom is 0.225 e. The normalized spacial score (nSPS) is 18.3. The molecule has 1 saturated heterocycles. The van der Waals surface area contributed by atoms with Gasteiger partial charge in [0.25, 0.3) is 0 Å². The van der Waals surface area contributed by atoms with Gasteiger partial charge in [-0.25, -0.2) is 15.0 Å². The van der Waals surface area contributed by atoms with Crippen molar-refractivity contribution in [3.63, 3.8) is 0 Å². The SMILES string of the molecule is CCNc1ccc(-c2cnc(N3CCCC(O)C3)nc2)cn1. The fourth-order valence-electron chi connectivity index (χ4n) is 2.62. The quantitative estimate of drug-likeness (QED) is 0.898. The van der Waals surface area contributed by atoms with Crippen LogP contribution in [0.5, 0.6) is 0 Å². The molecule has 3 heterocycles. The number of nitrogens with zero attached hydrogens (tertiary/aromatic N) is 4. The minimum Gasteiger partial charge on any atom is -0.391 e. The Labute approximate surface area is 130 Å². The zero-order chi connectivity index (χ0) is 15.4. The maximum atomic E-state index is 9.73. The van der Waals surface area contributed by atoms with Gasteiger partial charge in [-0.2, -0.15) is 0 Å². The predicted octanol–water partition coefficient (Wildman–Crippen LogP) is 1.93. The van der Waals surface area contributed by atoms with Crippen molar-refractivity contribution in [1.29, 1.82) is 0 Å². The first-order valence-corrected chi connectivity index (χ1v) is 7.71. The Hall–Kier alpha value is -2.21.